The molecule has 1 unspecified atom stereocenters. The SMILES string of the molecule is Cc1cccc(C(NN)c2nc3ccccc3cc2Br)c1. The molecule has 2 aromatic carbocycles. The number of benzene rings is 2. The lowest BCUT2D eigenvalue weighted by Gasteiger charge is -2.18. The summed E-state index contributed by atoms with van der Waals surface area (Å²) >= 11 is 3.62. The minimum absolute atomic E-state index is 0.149. The summed E-state index contributed by atoms with van der Waals surface area (Å²) < 4.78 is 0.950. The molecule has 0 saturated heterocycles. The normalized spacial score (nSPS) is 12.5. The number of para-hydroxylation sites is 1. The van der Waals surface area contributed by atoms with Gasteiger partial charge >= 0.3 is 0 Å². The van der Waals surface area contributed by atoms with Crippen molar-refractivity contribution in [3.8, 4) is 0 Å². The van der Waals surface area contributed by atoms with Gasteiger partial charge in [0, 0.05) is 9.86 Å². The van der Waals surface area contributed by atoms with Crippen molar-refractivity contribution in [1.29, 1.82) is 0 Å². The Labute approximate surface area is 132 Å². The Morgan fingerprint density at radius 3 is 2.67 bits per heavy atom. The molecule has 1 aromatic heterocycles. The highest BCUT2D eigenvalue weighted by atomic mass is 79.9. The van der Waals surface area contributed by atoms with Gasteiger partial charge in [-0.05, 0) is 40.5 Å². The lowest BCUT2D eigenvalue weighted by Crippen LogP contribution is -2.29. The van der Waals surface area contributed by atoms with Gasteiger partial charge < -0.3 is 0 Å². The van der Waals surface area contributed by atoms with Crippen LogP contribution in [0.4, 0.5) is 0 Å². The summed E-state index contributed by atoms with van der Waals surface area (Å²) in [5.41, 5.74) is 7.02. The minimum atomic E-state index is -0.149. The van der Waals surface area contributed by atoms with Crippen LogP contribution < -0.4 is 11.3 Å². The number of hydrogen-bond donors (Lipinski definition) is 2. The number of hydrogen-bond acceptors (Lipinski definition) is 3. The molecule has 0 radical (unpaired) electrons. The van der Waals surface area contributed by atoms with Crippen LogP contribution in [0, 0.1) is 6.92 Å². The van der Waals surface area contributed by atoms with Gasteiger partial charge in [-0.2, -0.15) is 0 Å². The van der Waals surface area contributed by atoms with E-state index in [4.69, 9.17) is 10.8 Å². The Bertz CT molecular complexity index is 786. The maximum Gasteiger partial charge on any atom is 0.0893 e. The second kappa shape index (κ2) is 5.93. The van der Waals surface area contributed by atoms with Crippen LogP contribution in [-0.4, -0.2) is 4.98 Å². The highest BCUT2D eigenvalue weighted by Crippen LogP contribution is 2.29. The fraction of sp³-hybridized carbons (Fsp3) is 0.118. The number of nitrogens with zero attached hydrogens (tertiary/aromatic N) is 1. The van der Waals surface area contributed by atoms with Crippen LogP contribution in [0.1, 0.15) is 22.9 Å². The average Bonchev–Trinajstić information content (AvgIpc) is 2.48. The minimum Gasteiger partial charge on any atom is -0.271 e. The quantitative estimate of drug-likeness (QED) is 0.561. The van der Waals surface area contributed by atoms with Crippen molar-refractivity contribution in [2.45, 2.75) is 13.0 Å². The van der Waals surface area contributed by atoms with Crippen molar-refractivity contribution < 1.29 is 0 Å². The molecule has 0 aliphatic carbocycles. The molecule has 0 spiro atoms. The van der Waals surface area contributed by atoms with Crippen LogP contribution in [0.25, 0.3) is 10.9 Å². The van der Waals surface area contributed by atoms with E-state index in [0.29, 0.717) is 0 Å². The number of nitrogens with two attached hydrogens (primary N) is 1. The lowest BCUT2D eigenvalue weighted by atomic mass is 10.0. The molecular weight excluding hydrogens is 326 g/mol. The molecule has 1 atom stereocenters. The Kier molecular flexibility index (Phi) is 4.01. The summed E-state index contributed by atoms with van der Waals surface area (Å²) in [6, 6.07) is 18.3. The zero-order chi connectivity index (χ0) is 14.8. The number of halogens is 1. The van der Waals surface area contributed by atoms with Crippen molar-refractivity contribution >= 4 is 26.8 Å². The van der Waals surface area contributed by atoms with Crippen LogP contribution in [0.15, 0.2) is 59.1 Å². The molecule has 21 heavy (non-hydrogen) atoms. The number of hydrazine groups is 1. The number of aryl methyl sites for hydroxylation is 1. The first-order valence-electron chi connectivity index (χ1n) is 6.77. The first kappa shape index (κ1) is 14.2. The molecule has 3 rings (SSSR count). The number of nitrogens with one attached hydrogen (secondary N) is 1. The monoisotopic (exact) mass is 341 g/mol. The van der Waals surface area contributed by atoms with Gasteiger partial charge in [0.05, 0.1) is 17.3 Å². The standard InChI is InChI=1S/C17H16BrN3/c1-11-5-4-7-13(9-11)16(21-19)17-14(18)10-12-6-2-3-8-15(12)20-17/h2-10,16,21H,19H2,1H3. The fourth-order valence-corrected chi connectivity index (χ4v) is 3.05. The maximum atomic E-state index is 5.79. The molecule has 106 valence electrons. The maximum absolute atomic E-state index is 5.79. The Hall–Kier alpha value is -1.75. The van der Waals surface area contributed by atoms with Gasteiger partial charge in [0.2, 0.25) is 0 Å². The predicted octanol–water partition coefficient (Wildman–Crippen LogP) is 3.86. The van der Waals surface area contributed by atoms with E-state index in [2.05, 4.69) is 58.6 Å². The second-order valence-corrected chi connectivity index (χ2v) is 5.92. The molecule has 0 aliphatic heterocycles. The van der Waals surface area contributed by atoms with Crippen molar-refractivity contribution in [2.24, 2.45) is 5.84 Å². The van der Waals surface area contributed by atoms with E-state index < -0.39 is 0 Å². The molecule has 0 fully saturated rings. The zero-order valence-electron chi connectivity index (χ0n) is 11.7. The van der Waals surface area contributed by atoms with E-state index in [1.165, 1.54) is 5.56 Å². The van der Waals surface area contributed by atoms with Gasteiger partial charge in [0.25, 0.3) is 0 Å². The molecule has 3 N–H and O–H groups in total. The number of aromatic nitrogens is 1. The van der Waals surface area contributed by atoms with E-state index in [1.807, 2.05) is 24.3 Å². The highest BCUT2D eigenvalue weighted by Gasteiger charge is 2.18. The third kappa shape index (κ3) is 2.83. The Morgan fingerprint density at radius 2 is 1.90 bits per heavy atom. The van der Waals surface area contributed by atoms with Crippen LogP contribution in [-0.2, 0) is 0 Å². The summed E-state index contributed by atoms with van der Waals surface area (Å²) in [4.78, 5) is 4.76. The second-order valence-electron chi connectivity index (χ2n) is 5.06. The third-order valence-corrected chi connectivity index (χ3v) is 4.16. The largest absolute Gasteiger partial charge is 0.271 e. The Morgan fingerprint density at radius 1 is 1.10 bits per heavy atom. The zero-order valence-corrected chi connectivity index (χ0v) is 13.3. The fourth-order valence-electron chi connectivity index (χ4n) is 2.49. The van der Waals surface area contributed by atoms with E-state index >= 15 is 0 Å². The summed E-state index contributed by atoms with van der Waals surface area (Å²) in [5.74, 6) is 5.79. The van der Waals surface area contributed by atoms with Crippen LogP contribution in [0.5, 0.6) is 0 Å². The van der Waals surface area contributed by atoms with Crippen molar-refractivity contribution in [2.75, 3.05) is 0 Å². The molecule has 3 nitrogen and oxygen atoms in total. The van der Waals surface area contributed by atoms with Gasteiger partial charge in [0.1, 0.15) is 0 Å². The number of pyridine rings is 1. The van der Waals surface area contributed by atoms with Crippen LogP contribution in [0.3, 0.4) is 0 Å². The van der Waals surface area contributed by atoms with E-state index in [-0.39, 0.29) is 6.04 Å². The van der Waals surface area contributed by atoms with Crippen LogP contribution in [0.2, 0.25) is 0 Å². The predicted molar refractivity (Wildman–Crippen MR) is 89.8 cm³/mol. The van der Waals surface area contributed by atoms with E-state index in [1.54, 1.807) is 0 Å². The van der Waals surface area contributed by atoms with Crippen molar-refractivity contribution in [3.05, 3.63) is 75.9 Å². The van der Waals surface area contributed by atoms with E-state index in [9.17, 15) is 0 Å². The topological polar surface area (TPSA) is 50.9 Å². The average molecular weight is 342 g/mol. The first-order chi connectivity index (χ1) is 10.2. The molecule has 3 aromatic rings. The van der Waals surface area contributed by atoms with Gasteiger partial charge in [-0.1, -0.05) is 48.0 Å². The molecule has 0 aliphatic rings. The third-order valence-electron chi connectivity index (χ3n) is 3.52. The number of fused-ring (bicyclic) bond motifs is 1. The van der Waals surface area contributed by atoms with Gasteiger partial charge in [0.15, 0.2) is 0 Å². The summed E-state index contributed by atoms with van der Waals surface area (Å²) in [5, 5.41) is 1.10. The molecule has 0 bridgehead atoms. The highest BCUT2D eigenvalue weighted by molar-refractivity contribution is 9.10. The van der Waals surface area contributed by atoms with Gasteiger partial charge in [-0.3, -0.25) is 5.84 Å². The summed E-state index contributed by atoms with van der Waals surface area (Å²) in [7, 11) is 0. The molecule has 0 amide bonds. The number of rotatable bonds is 3. The lowest BCUT2D eigenvalue weighted by molar-refractivity contribution is 0.620. The van der Waals surface area contributed by atoms with Gasteiger partial charge in [-0.15, -0.1) is 0 Å². The van der Waals surface area contributed by atoms with Crippen molar-refractivity contribution in [1.82, 2.24) is 10.4 Å². The molecule has 0 saturated carbocycles. The molecular formula is C17H16BrN3. The van der Waals surface area contributed by atoms with Gasteiger partial charge in [-0.25, -0.2) is 10.4 Å². The Balaban J connectivity index is 2.14. The first-order valence-corrected chi connectivity index (χ1v) is 7.56. The summed E-state index contributed by atoms with van der Waals surface area (Å²) in [6.45, 7) is 2.07. The van der Waals surface area contributed by atoms with Crippen molar-refractivity contribution in [3.63, 3.8) is 0 Å². The molecule has 4 heteroatoms. The van der Waals surface area contributed by atoms with Crippen LogP contribution >= 0.6 is 15.9 Å². The smallest absolute Gasteiger partial charge is 0.0893 e. The molecule has 1 heterocycles. The van der Waals surface area contributed by atoms with E-state index in [0.717, 1.165) is 26.6 Å². The summed E-state index contributed by atoms with van der Waals surface area (Å²) in [6.07, 6.45) is 0.